The smallest absolute Gasteiger partial charge is 0.307 e. The number of carboxylic acid groups (broad SMARTS) is 1. The summed E-state index contributed by atoms with van der Waals surface area (Å²) in [5, 5.41) is 12.3. The van der Waals surface area contributed by atoms with E-state index in [9.17, 15) is 14.7 Å². The zero-order chi connectivity index (χ0) is 16.4. The minimum Gasteiger partial charge on any atom is -0.481 e. The lowest BCUT2D eigenvalue weighted by atomic mass is 9.82. The van der Waals surface area contributed by atoms with Crippen molar-refractivity contribution < 1.29 is 14.7 Å². The van der Waals surface area contributed by atoms with E-state index in [1.54, 1.807) is 0 Å². The van der Waals surface area contributed by atoms with Crippen molar-refractivity contribution in [1.82, 2.24) is 0 Å². The average Bonchev–Trinajstić information content (AvgIpc) is 3.15. The van der Waals surface area contributed by atoms with Gasteiger partial charge < -0.3 is 10.4 Å². The van der Waals surface area contributed by atoms with Crippen molar-refractivity contribution in [3.8, 4) is 0 Å². The van der Waals surface area contributed by atoms with E-state index in [0.717, 1.165) is 31.4 Å². The molecule has 1 aromatic rings. The van der Waals surface area contributed by atoms with Crippen molar-refractivity contribution in [1.29, 1.82) is 0 Å². The number of carbonyl (C=O) groups is 2. The highest BCUT2D eigenvalue weighted by Crippen LogP contribution is 2.48. The zero-order valence-corrected chi connectivity index (χ0v) is 13.4. The maximum Gasteiger partial charge on any atom is 0.307 e. The Morgan fingerprint density at radius 3 is 2.39 bits per heavy atom. The Morgan fingerprint density at radius 2 is 1.78 bits per heavy atom. The lowest BCUT2D eigenvalue weighted by Crippen LogP contribution is -2.36. The standard InChI is InChI=1S/C19H23NO3/c1-2-3-4-12-5-9-15(10-6-12)20-18(21)16-13-7-8-14(11-13)17(16)19(22)23/h5-10,13-14,16-17H,2-4,11H2,1H3,(H,20,21)(H,22,23)/t13-,14-,16-,17-/m0/s1. The topological polar surface area (TPSA) is 66.4 Å². The van der Waals surface area contributed by atoms with Crippen LogP contribution in [0.25, 0.3) is 0 Å². The van der Waals surface area contributed by atoms with Gasteiger partial charge in [-0.15, -0.1) is 0 Å². The summed E-state index contributed by atoms with van der Waals surface area (Å²) < 4.78 is 0. The molecule has 1 amide bonds. The van der Waals surface area contributed by atoms with Crippen LogP contribution in [0.5, 0.6) is 0 Å². The molecule has 0 unspecified atom stereocenters. The molecule has 4 atom stereocenters. The van der Waals surface area contributed by atoms with Gasteiger partial charge in [0.05, 0.1) is 11.8 Å². The highest BCUT2D eigenvalue weighted by molar-refractivity contribution is 5.96. The fraction of sp³-hybridized carbons (Fsp3) is 0.474. The molecule has 0 saturated heterocycles. The first kappa shape index (κ1) is 15.8. The lowest BCUT2D eigenvalue weighted by molar-refractivity contribution is -0.146. The molecule has 23 heavy (non-hydrogen) atoms. The Kier molecular flexibility index (Phi) is 4.51. The highest BCUT2D eigenvalue weighted by Gasteiger charge is 2.51. The Morgan fingerprint density at radius 1 is 1.13 bits per heavy atom. The molecule has 0 aliphatic heterocycles. The minimum absolute atomic E-state index is 0.00432. The lowest BCUT2D eigenvalue weighted by Gasteiger charge is -2.23. The number of carbonyl (C=O) groups excluding carboxylic acids is 1. The van der Waals surface area contributed by atoms with Crippen molar-refractivity contribution in [2.75, 3.05) is 5.32 Å². The zero-order valence-electron chi connectivity index (χ0n) is 13.4. The van der Waals surface area contributed by atoms with Crippen LogP contribution in [-0.2, 0) is 16.0 Å². The third kappa shape index (κ3) is 3.16. The van der Waals surface area contributed by atoms with Gasteiger partial charge >= 0.3 is 5.97 Å². The summed E-state index contributed by atoms with van der Waals surface area (Å²) in [5.74, 6) is -2.02. The molecule has 0 aromatic heterocycles. The number of benzene rings is 1. The van der Waals surface area contributed by atoms with Crippen LogP contribution in [0, 0.1) is 23.7 Å². The number of fused-ring (bicyclic) bond motifs is 2. The summed E-state index contributed by atoms with van der Waals surface area (Å²) in [4.78, 5) is 24.1. The Bertz CT molecular complexity index is 620. The number of anilines is 1. The first-order valence-electron chi connectivity index (χ1n) is 8.41. The van der Waals surface area contributed by atoms with Gasteiger partial charge in [0, 0.05) is 5.69 Å². The number of hydrogen-bond acceptors (Lipinski definition) is 2. The van der Waals surface area contributed by atoms with E-state index < -0.39 is 17.8 Å². The van der Waals surface area contributed by atoms with Gasteiger partial charge in [0.25, 0.3) is 0 Å². The second-order valence-corrected chi connectivity index (χ2v) is 6.63. The van der Waals surface area contributed by atoms with E-state index in [1.165, 1.54) is 5.56 Å². The molecule has 1 fully saturated rings. The maximum absolute atomic E-state index is 12.6. The fourth-order valence-corrected chi connectivity index (χ4v) is 3.88. The van der Waals surface area contributed by atoms with E-state index in [-0.39, 0.29) is 17.7 Å². The number of aryl methyl sites for hydroxylation is 1. The molecule has 0 radical (unpaired) electrons. The number of allylic oxidation sites excluding steroid dienone is 2. The molecule has 4 nitrogen and oxygen atoms in total. The summed E-state index contributed by atoms with van der Waals surface area (Å²) >= 11 is 0. The molecule has 4 heteroatoms. The molecule has 3 rings (SSSR count). The maximum atomic E-state index is 12.6. The van der Waals surface area contributed by atoms with E-state index >= 15 is 0 Å². The molecule has 0 spiro atoms. The predicted octanol–water partition coefficient (Wildman–Crippen LogP) is 3.49. The third-order valence-electron chi connectivity index (χ3n) is 5.09. The van der Waals surface area contributed by atoms with Crippen LogP contribution >= 0.6 is 0 Å². The van der Waals surface area contributed by atoms with Crippen LogP contribution in [0.2, 0.25) is 0 Å². The van der Waals surface area contributed by atoms with Crippen molar-refractivity contribution >= 4 is 17.6 Å². The van der Waals surface area contributed by atoms with Crippen LogP contribution in [0.15, 0.2) is 36.4 Å². The molecule has 0 heterocycles. The van der Waals surface area contributed by atoms with E-state index in [4.69, 9.17) is 0 Å². The van der Waals surface area contributed by atoms with Gasteiger partial charge in [-0.2, -0.15) is 0 Å². The normalized spacial score (nSPS) is 28.0. The number of nitrogens with one attached hydrogen (secondary N) is 1. The van der Waals surface area contributed by atoms with Crippen molar-refractivity contribution in [3.05, 3.63) is 42.0 Å². The van der Waals surface area contributed by atoms with Gasteiger partial charge in [-0.1, -0.05) is 37.6 Å². The summed E-state index contributed by atoms with van der Waals surface area (Å²) in [6, 6.07) is 7.87. The molecular weight excluding hydrogens is 290 g/mol. The number of aliphatic carboxylic acids is 1. The van der Waals surface area contributed by atoms with Crippen molar-refractivity contribution in [2.24, 2.45) is 23.7 Å². The van der Waals surface area contributed by atoms with Crippen LogP contribution in [0.1, 0.15) is 31.7 Å². The molecule has 1 aromatic carbocycles. The second-order valence-electron chi connectivity index (χ2n) is 6.63. The minimum atomic E-state index is -0.864. The SMILES string of the molecule is CCCCc1ccc(NC(=O)[C@@H]2[C@@H](C(=O)O)[C@H]3C=C[C@H]2C3)cc1. The van der Waals surface area contributed by atoms with Gasteiger partial charge in [-0.25, -0.2) is 0 Å². The molecular formula is C19H23NO3. The van der Waals surface area contributed by atoms with Gasteiger partial charge in [-0.3, -0.25) is 9.59 Å². The summed E-state index contributed by atoms with van der Waals surface area (Å²) in [6.45, 7) is 2.16. The Balaban J connectivity index is 1.67. The molecule has 2 aliphatic carbocycles. The van der Waals surface area contributed by atoms with Crippen molar-refractivity contribution in [2.45, 2.75) is 32.6 Å². The molecule has 2 N–H and O–H groups in total. The number of unbranched alkanes of at least 4 members (excludes halogenated alkanes) is 1. The molecule has 2 bridgehead atoms. The summed E-state index contributed by atoms with van der Waals surface area (Å²) in [5.41, 5.74) is 2.00. The Labute approximate surface area is 136 Å². The van der Waals surface area contributed by atoms with Crippen LogP contribution in [-0.4, -0.2) is 17.0 Å². The number of carboxylic acids is 1. The van der Waals surface area contributed by atoms with Gasteiger partial charge in [0.1, 0.15) is 0 Å². The number of rotatable bonds is 6. The first-order valence-corrected chi connectivity index (χ1v) is 8.41. The van der Waals surface area contributed by atoms with Gasteiger partial charge in [0.2, 0.25) is 5.91 Å². The van der Waals surface area contributed by atoms with Crippen LogP contribution in [0.3, 0.4) is 0 Å². The van der Waals surface area contributed by atoms with Gasteiger partial charge in [0.15, 0.2) is 0 Å². The predicted molar refractivity (Wildman–Crippen MR) is 89.0 cm³/mol. The van der Waals surface area contributed by atoms with E-state index in [1.807, 2.05) is 36.4 Å². The average molecular weight is 313 g/mol. The monoisotopic (exact) mass is 313 g/mol. The Hall–Kier alpha value is -2.10. The summed E-state index contributed by atoms with van der Waals surface area (Å²) in [6.07, 6.45) is 8.10. The van der Waals surface area contributed by atoms with Crippen molar-refractivity contribution in [3.63, 3.8) is 0 Å². The summed E-state index contributed by atoms with van der Waals surface area (Å²) in [7, 11) is 0. The molecule has 122 valence electrons. The first-order chi connectivity index (χ1) is 11.1. The fourth-order valence-electron chi connectivity index (χ4n) is 3.88. The van der Waals surface area contributed by atoms with Crippen LogP contribution in [0.4, 0.5) is 5.69 Å². The van der Waals surface area contributed by atoms with Crippen LogP contribution < -0.4 is 5.32 Å². The second kappa shape index (κ2) is 6.57. The quantitative estimate of drug-likeness (QED) is 0.790. The third-order valence-corrected chi connectivity index (χ3v) is 5.09. The van der Waals surface area contributed by atoms with E-state index in [2.05, 4.69) is 12.2 Å². The van der Waals surface area contributed by atoms with E-state index in [0.29, 0.717) is 0 Å². The largest absolute Gasteiger partial charge is 0.481 e. The molecule has 1 saturated carbocycles. The number of amides is 1. The van der Waals surface area contributed by atoms with Gasteiger partial charge in [-0.05, 0) is 48.8 Å². The number of hydrogen-bond donors (Lipinski definition) is 2. The molecule has 2 aliphatic rings. The highest BCUT2D eigenvalue weighted by atomic mass is 16.4.